The van der Waals surface area contributed by atoms with E-state index < -0.39 is 11.9 Å². The van der Waals surface area contributed by atoms with Crippen molar-refractivity contribution in [2.45, 2.75) is 12.8 Å². The number of hydroxylamine groups is 2. The molecule has 1 aromatic rings. The largest absolute Gasteiger partial charge is 0.464 e. The highest BCUT2D eigenvalue weighted by Gasteiger charge is 2.23. The standard InChI is InChI=1S/C16H18N2O5/c1-22-16(21)14(17-11-19)12-7-9-18(10-8-12)23-15(20)13-5-3-2-4-6-13/h2-6,11H,7-10H2,1H3,(H,17,19). The summed E-state index contributed by atoms with van der Waals surface area (Å²) in [7, 11) is 1.26. The van der Waals surface area contributed by atoms with Crippen LogP contribution in [0.5, 0.6) is 0 Å². The van der Waals surface area contributed by atoms with Crippen molar-refractivity contribution in [3.05, 3.63) is 47.2 Å². The van der Waals surface area contributed by atoms with Crippen LogP contribution in [0.2, 0.25) is 0 Å². The fourth-order valence-corrected chi connectivity index (χ4v) is 2.31. The number of benzene rings is 1. The number of hydrogen-bond donors (Lipinski definition) is 1. The quantitative estimate of drug-likeness (QED) is 0.496. The Labute approximate surface area is 133 Å². The minimum absolute atomic E-state index is 0.163. The van der Waals surface area contributed by atoms with Crippen LogP contribution < -0.4 is 5.32 Å². The van der Waals surface area contributed by atoms with Gasteiger partial charge in [0.1, 0.15) is 5.70 Å². The molecular weight excluding hydrogens is 300 g/mol. The molecule has 0 atom stereocenters. The predicted octanol–water partition coefficient (Wildman–Crippen LogP) is 1.03. The van der Waals surface area contributed by atoms with Gasteiger partial charge in [-0.25, -0.2) is 9.59 Å². The van der Waals surface area contributed by atoms with Gasteiger partial charge < -0.3 is 14.9 Å². The molecule has 23 heavy (non-hydrogen) atoms. The van der Waals surface area contributed by atoms with Gasteiger partial charge in [-0.15, -0.1) is 5.06 Å². The number of ether oxygens (including phenoxy) is 1. The average Bonchev–Trinajstić information content (AvgIpc) is 2.60. The zero-order valence-electron chi connectivity index (χ0n) is 12.8. The molecule has 0 radical (unpaired) electrons. The number of methoxy groups -OCH3 is 1. The number of carbonyl (C=O) groups excluding carboxylic acids is 3. The molecular formula is C16H18N2O5. The van der Waals surface area contributed by atoms with E-state index in [1.165, 1.54) is 7.11 Å². The number of carbonyl (C=O) groups is 3. The van der Waals surface area contributed by atoms with Gasteiger partial charge in [-0.2, -0.15) is 0 Å². The second kappa shape index (κ2) is 8.09. The normalized spacial score (nSPS) is 14.7. The van der Waals surface area contributed by atoms with E-state index in [4.69, 9.17) is 4.84 Å². The highest BCUT2D eigenvalue weighted by Crippen LogP contribution is 2.20. The molecule has 0 saturated carbocycles. The third kappa shape index (κ3) is 4.40. The first kappa shape index (κ1) is 16.7. The number of esters is 1. The molecule has 1 N–H and O–H groups in total. The lowest BCUT2D eigenvalue weighted by atomic mass is 10.0. The summed E-state index contributed by atoms with van der Waals surface area (Å²) >= 11 is 0. The van der Waals surface area contributed by atoms with Crippen LogP contribution in [-0.4, -0.2) is 43.6 Å². The molecule has 1 heterocycles. The van der Waals surface area contributed by atoms with Gasteiger partial charge in [-0.1, -0.05) is 18.2 Å². The first-order valence-corrected chi connectivity index (χ1v) is 7.18. The second-order valence-electron chi connectivity index (χ2n) is 4.91. The molecule has 122 valence electrons. The molecule has 1 aliphatic rings. The Morgan fingerprint density at radius 1 is 1.17 bits per heavy atom. The zero-order chi connectivity index (χ0) is 16.7. The number of nitrogens with one attached hydrogen (secondary N) is 1. The fraction of sp³-hybridized carbons (Fsp3) is 0.312. The van der Waals surface area contributed by atoms with Gasteiger partial charge in [0, 0.05) is 13.1 Å². The van der Waals surface area contributed by atoms with Gasteiger partial charge in [0.15, 0.2) is 0 Å². The molecule has 1 aliphatic heterocycles. The first-order valence-electron chi connectivity index (χ1n) is 7.18. The number of amides is 1. The molecule has 0 aromatic heterocycles. The maximum Gasteiger partial charge on any atom is 0.357 e. The summed E-state index contributed by atoms with van der Waals surface area (Å²) in [5.74, 6) is -1.00. The zero-order valence-corrected chi connectivity index (χ0v) is 12.8. The van der Waals surface area contributed by atoms with E-state index in [1.807, 2.05) is 6.07 Å². The monoisotopic (exact) mass is 318 g/mol. The van der Waals surface area contributed by atoms with Crippen LogP contribution in [0.25, 0.3) is 0 Å². The lowest BCUT2D eigenvalue weighted by Gasteiger charge is -2.27. The van der Waals surface area contributed by atoms with E-state index >= 15 is 0 Å². The maximum absolute atomic E-state index is 12.0. The molecule has 7 nitrogen and oxygen atoms in total. The maximum atomic E-state index is 12.0. The summed E-state index contributed by atoms with van der Waals surface area (Å²) in [5, 5.41) is 3.93. The Hall–Kier alpha value is -2.67. The van der Waals surface area contributed by atoms with Crippen LogP contribution in [0.1, 0.15) is 23.2 Å². The number of hydrogen-bond acceptors (Lipinski definition) is 6. The van der Waals surface area contributed by atoms with E-state index in [-0.39, 0.29) is 5.70 Å². The predicted molar refractivity (Wildman–Crippen MR) is 80.9 cm³/mol. The van der Waals surface area contributed by atoms with Crippen molar-refractivity contribution < 1.29 is 24.0 Å². The molecule has 2 rings (SSSR count). The van der Waals surface area contributed by atoms with E-state index in [0.29, 0.717) is 37.9 Å². The first-order chi connectivity index (χ1) is 11.2. The van der Waals surface area contributed by atoms with Gasteiger partial charge in [-0.05, 0) is 30.5 Å². The van der Waals surface area contributed by atoms with E-state index in [0.717, 1.165) is 5.57 Å². The summed E-state index contributed by atoms with van der Waals surface area (Å²) in [6.45, 7) is 0.879. The molecule has 1 aromatic carbocycles. The summed E-state index contributed by atoms with van der Waals surface area (Å²) in [6, 6.07) is 8.72. The highest BCUT2D eigenvalue weighted by atomic mass is 16.7. The SMILES string of the molecule is COC(=O)C(NC=O)=C1CCN(OC(=O)c2ccccc2)CC1. The number of piperidine rings is 1. The average molecular weight is 318 g/mol. The van der Waals surface area contributed by atoms with Gasteiger partial charge in [0.25, 0.3) is 0 Å². The minimum atomic E-state index is -0.582. The number of nitrogens with zero attached hydrogens (tertiary/aromatic N) is 1. The molecule has 0 bridgehead atoms. The summed E-state index contributed by atoms with van der Waals surface area (Å²) in [5.41, 5.74) is 1.42. The summed E-state index contributed by atoms with van der Waals surface area (Å²) in [6.07, 6.45) is 1.43. The highest BCUT2D eigenvalue weighted by molar-refractivity contribution is 5.91. The van der Waals surface area contributed by atoms with Crippen LogP contribution in [0.3, 0.4) is 0 Å². The second-order valence-corrected chi connectivity index (χ2v) is 4.91. The van der Waals surface area contributed by atoms with Crippen molar-refractivity contribution in [3.63, 3.8) is 0 Å². The molecule has 0 spiro atoms. The molecule has 1 amide bonds. The van der Waals surface area contributed by atoms with Gasteiger partial charge in [0.2, 0.25) is 6.41 Å². The lowest BCUT2D eigenvalue weighted by Crippen LogP contribution is -2.35. The van der Waals surface area contributed by atoms with Crippen molar-refractivity contribution in [2.24, 2.45) is 0 Å². The molecule has 1 fully saturated rings. The van der Waals surface area contributed by atoms with Crippen LogP contribution >= 0.6 is 0 Å². The Bertz CT molecular complexity index is 602. The smallest absolute Gasteiger partial charge is 0.357 e. The van der Waals surface area contributed by atoms with Crippen LogP contribution in [0.15, 0.2) is 41.6 Å². The third-order valence-electron chi connectivity index (χ3n) is 3.49. The van der Waals surface area contributed by atoms with E-state index in [9.17, 15) is 14.4 Å². The van der Waals surface area contributed by atoms with Crippen molar-refractivity contribution in [2.75, 3.05) is 20.2 Å². The van der Waals surface area contributed by atoms with E-state index in [2.05, 4.69) is 10.1 Å². The summed E-state index contributed by atoms with van der Waals surface area (Å²) < 4.78 is 4.65. The van der Waals surface area contributed by atoms with Crippen molar-refractivity contribution in [3.8, 4) is 0 Å². The Morgan fingerprint density at radius 2 is 1.83 bits per heavy atom. The summed E-state index contributed by atoms with van der Waals surface area (Å²) in [4.78, 5) is 39.6. The molecule has 7 heteroatoms. The van der Waals surface area contributed by atoms with Crippen LogP contribution in [-0.2, 0) is 19.2 Å². The molecule has 1 saturated heterocycles. The Morgan fingerprint density at radius 3 is 2.39 bits per heavy atom. The van der Waals surface area contributed by atoms with Crippen LogP contribution in [0, 0.1) is 0 Å². The van der Waals surface area contributed by atoms with Gasteiger partial charge in [0.05, 0.1) is 12.7 Å². The molecule has 0 unspecified atom stereocenters. The topological polar surface area (TPSA) is 84.9 Å². The fourth-order valence-electron chi connectivity index (χ4n) is 2.31. The Kier molecular flexibility index (Phi) is 5.87. The van der Waals surface area contributed by atoms with Gasteiger partial charge >= 0.3 is 11.9 Å². The Balaban J connectivity index is 1.96. The number of rotatable bonds is 5. The van der Waals surface area contributed by atoms with Crippen LogP contribution in [0.4, 0.5) is 0 Å². The minimum Gasteiger partial charge on any atom is -0.464 e. The van der Waals surface area contributed by atoms with Crippen molar-refractivity contribution in [1.82, 2.24) is 10.4 Å². The lowest BCUT2D eigenvalue weighted by molar-refractivity contribution is -0.137. The van der Waals surface area contributed by atoms with Gasteiger partial charge in [-0.3, -0.25) is 4.79 Å². The molecule has 0 aliphatic carbocycles. The van der Waals surface area contributed by atoms with Crippen molar-refractivity contribution >= 4 is 18.3 Å². The van der Waals surface area contributed by atoms with E-state index in [1.54, 1.807) is 29.3 Å². The van der Waals surface area contributed by atoms with Crippen molar-refractivity contribution in [1.29, 1.82) is 0 Å². The third-order valence-corrected chi connectivity index (χ3v) is 3.49.